The van der Waals surface area contributed by atoms with Crippen molar-refractivity contribution in [1.29, 1.82) is 0 Å². The number of rotatable bonds is 5. The molecule has 2 aromatic rings. The zero-order valence-electron chi connectivity index (χ0n) is 17.2. The van der Waals surface area contributed by atoms with Crippen molar-refractivity contribution in [1.82, 2.24) is 5.32 Å². The lowest BCUT2D eigenvalue weighted by Gasteiger charge is -2.29. The smallest absolute Gasteiger partial charge is 0.398 e. The molecule has 32 heavy (non-hydrogen) atoms. The number of halogens is 6. The van der Waals surface area contributed by atoms with Crippen molar-refractivity contribution in [3.63, 3.8) is 0 Å². The number of para-hydroxylation sites is 1. The van der Waals surface area contributed by atoms with Crippen LogP contribution in [0, 0.1) is 5.92 Å². The fraction of sp³-hybridized carbons (Fsp3) is 0.435. The van der Waals surface area contributed by atoms with Crippen molar-refractivity contribution in [3.8, 4) is 0 Å². The third-order valence-corrected chi connectivity index (χ3v) is 5.88. The van der Waals surface area contributed by atoms with Crippen molar-refractivity contribution in [2.45, 2.75) is 50.4 Å². The highest BCUT2D eigenvalue weighted by atomic mass is 19.4. The van der Waals surface area contributed by atoms with Gasteiger partial charge in [0.15, 0.2) is 0 Å². The van der Waals surface area contributed by atoms with E-state index < -0.39 is 35.8 Å². The molecule has 0 heterocycles. The number of carbonyl (C=O) groups excluding carboxylic acids is 1. The van der Waals surface area contributed by atoms with Crippen molar-refractivity contribution < 1.29 is 31.1 Å². The number of nitrogen functional groups attached to an aromatic ring is 1. The van der Waals surface area contributed by atoms with Crippen LogP contribution in [-0.4, -0.2) is 12.5 Å². The zero-order valence-corrected chi connectivity index (χ0v) is 17.2. The Morgan fingerprint density at radius 2 is 1.47 bits per heavy atom. The van der Waals surface area contributed by atoms with Gasteiger partial charge in [-0.1, -0.05) is 18.2 Å². The Labute approximate surface area is 182 Å². The predicted octanol–water partition coefficient (Wildman–Crippen LogP) is 5.94. The summed E-state index contributed by atoms with van der Waals surface area (Å²) < 4.78 is 77.8. The number of carbonyl (C=O) groups is 1. The molecule has 1 saturated carbocycles. The molecular weight excluding hydrogens is 434 g/mol. The molecule has 0 radical (unpaired) electrons. The van der Waals surface area contributed by atoms with Gasteiger partial charge < -0.3 is 11.1 Å². The lowest BCUT2D eigenvalue weighted by Crippen LogP contribution is -2.32. The number of amides is 1. The Hall–Kier alpha value is -2.71. The average Bonchev–Trinajstić information content (AvgIpc) is 2.71. The SMILES string of the molecule is Nc1ccccc1C1CCC(CNC(=O)Cc2cc(C(F)(F)F)cc(C(F)(F)F)c2)CC1. The molecule has 0 spiro atoms. The Bertz CT molecular complexity index is 914. The third-order valence-electron chi connectivity index (χ3n) is 5.88. The van der Waals surface area contributed by atoms with E-state index in [-0.39, 0.29) is 17.5 Å². The Kier molecular flexibility index (Phi) is 7.05. The van der Waals surface area contributed by atoms with E-state index in [0.29, 0.717) is 24.6 Å². The van der Waals surface area contributed by atoms with Gasteiger partial charge in [-0.05, 0) is 72.9 Å². The fourth-order valence-corrected chi connectivity index (χ4v) is 4.19. The van der Waals surface area contributed by atoms with Crippen LogP contribution in [0.2, 0.25) is 0 Å². The van der Waals surface area contributed by atoms with Crippen molar-refractivity contribution in [2.24, 2.45) is 5.92 Å². The molecule has 1 aliphatic carbocycles. The van der Waals surface area contributed by atoms with Crippen LogP contribution >= 0.6 is 0 Å². The van der Waals surface area contributed by atoms with Crippen molar-refractivity contribution in [2.75, 3.05) is 12.3 Å². The van der Waals surface area contributed by atoms with Gasteiger partial charge in [0.2, 0.25) is 5.91 Å². The van der Waals surface area contributed by atoms with Crippen molar-refractivity contribution >= 4 is 11.6 Å². The monoisotopic (exact) mass is 458 g/mol. The van der Waals surface area contributed by atoms with Gasteiger partial charge in [-0.2, -0.15) is 26.3 Å². The lowest BCUT2D eigenvalue weighted by molar-refractivity contribution is -0.143. The summed E-state index contributed by atoms with van der Waals surface area (Å²) in [5.74, 6) is -0.0618. The van der Waals surface area contributed by atoms with Crippen LogP contribution in [0.4, 0.5) is 32.0 Å². The second-order valence-electron chi connectivity index (χ2n) is 8.24. The summed E-state index contributed by atoms with van der Waals surface area (Å²) in [6.45, 7) is 0.334. The molecule has 3 nitrogen and oxygen atoms in total. The zero-order chi connectivity index (χ0) is 23.5. The first-order valence-corrected chi connectivity index (χ1v) is 10.3. The number of anilines is 1. The molecule has 0 unspecified atom stereocenters. The summed E-state index contributed by atoms with van der Waals surface area (Å²) >= 11 is 0. The maximum Gasteiger partial charge on any atom is 0.416 e. The molecule has 1 fully saturated rings. The molecule has 0 aliphatic heterocycles. The first-order chi connectivity index (χ1) is 14.9. The van der Waals surface area contributed by atoms with E-state index in [0.717, 1.165) is 36.9 Å². The van der Waals surface area contributed by atoms with Gasteiger partial charge in [0.25, 0.3) is 0 Å². The number of benzene rings is 2. The van der Waals surface area contributed by atoms with E-state index in [1.807, 2.05) is 24.3 Å². The highest BCUT2D eigenvalue weighted by molar-refractivity contribution is 5.78. The summed E-state index contributed by atoms with van der Waals surface area (Å²) in [5, 5.41) is 2.66. The molecule has 1 amide bonds. The molecule has 0 bridgehead atoms. The van der Waals surface area contributed by atoms with Gasteiger partial charge in [0.05, 0.1) is 17.5 Å². The molecule has 9 heteroatoms. The maximum absolute atomic E-state index is 13.0. The molecular formula is C23H24F6N2O. The molecule has 3 rings (SSSR count). The molecule has 0 atom stereocenters. The summed E-state index contributed by atoms with van der Waals surface area (Å²) in [6.07, 6.45) is -6.93. The number of hydrogen-bond acceptors (Lipinski definition) is 2. The summed E-state index contributed by atoms with van der Waals surface area (Å²) in [4.78, 5) is 12.2. The summed E-state index contributed by atoms with van der Waals surface area (Å²) in [7, 11) is 0. The number of nitrogens with one attached hydrogen (secondary N) is 1. The minimum Gasteiger partial charge on any atom is -0.398 e. The van der Waals surface area contributed by atoms with Crippen LogP contribution in [0.5, 0.6) is 0 Å². The van der Waals surface area contributed by atoms with Crippen LogP contribution in [0.1, 0.15) is 53.9 Å². The molecule has 1 aliphatic rings. The number of nitrogens with two attached hydrogens (primary N) is 1. The van der Waals surface area contributed by atoms with Gasteiger partial charge in [-0.3, -0.25) is 4.79 Å². The van der Waals surface area contributed by atoms with Crippen LogP contribution < -0.4 is 11.1 Å². The molecule has 0 saturated heterocycles. The normalized spacial score (nSPS) is 19.6. The molecule has 3 N–H and O–H groups in total. The largest absolute Gasteiger partial charge is 0.416 e. The molecule has 174 valence electrons. The van der Waals surface area contributed by atoms with Gasteiger partial charge in [0.1, 0.15) is 0 Å². The van der Waals surface area contributed by atoms with Gasteiger partial charge in [0, 0.05) is 12.2 Å². The Morgan fingerprint density at radius 3 is 2.00 bits per heavy atom. The number of hydrogen-bond donors (Lipinski definition) is 2. The second kappa shape index (κ2) is 9.42. The molecule has 0 aromatic heterocycles. The minimum atomic E-state index is -4.94. The van der Waals surface area contributed by atoms with Gasteiger partial charge >= 0.3 is 12.4 Å². The summed E-state index contributed by atoms with van der Waals surface area (Å²) in [5.41, 5.74) is 4.73. The van der Waals surface area contributed by atoms with E-state index in [1.54, 1.807) is 0 Å². The average molecular weight is 458 g/mol. The topological polar surface area (TPSA) is 55.1 Å². The quantitative estimate of drug-likeness (QED) is 0.431. The van der Waals surface area contributed by atoms with Gasteiger partial charge in [-0.15, -0.1) is 0 Å². The van der Waals surface area contributed by atoms with Crippen LogP contribution in [0.25, 0.3) is 0 Å². The van der Waals surface area contributed by atoms with E-state index in [2.05, 4.69) is 5.32 Å². The fourth-order valence-electron chi connectivity index (χ4n) is 4.19. The lowest BCUT2D eigenvalue weighted by atomic mass is 9.78. The first-order valence-electron chi connectivity index (χ1n) is 10.3. The Morgan fingerprint density at radius 1 is 0.906 bits per heavy atom. The van der Waals surface area contributed by atoms with Gasteiger partial charge in [-0.25, -0.2) is 0 Å². The highest BCUT2D eigenvalue weighted by Gasteiger charge is 2.37. The van der Waals surface area contributed by atoms with Crippen molar-refractivity contribution in [3.05, 3.63) is 64.7 Å². The van der Waals surface area contributed by atoms with Crippen LogP contribution in [0.15, 0.2) is 42.5 Å². The van der Waals surface area contributed by atoms with E-state index in [4.69, 9.17) is 5.73 Å². The second-order valence-corrected chi connectivity index (χ2v) is 8.24. The van der Waals surface area contributed by atoms with Crippen LogP contribution in [-0.2, 0) is 23.6 Å². The number of alkyl halides is 6. The maximum atomic E-state index is 13.0. The summed E-state index contributed by atoms with van der Waals surface area (Å²) in [6, 6.07) is 8.91. The highest BCUT2D eigenvalue weighted by Crippen LogP contribution is 2.38. The minimum absolute atomic E-state index is 0.0549. The first kappa shape index (κ1) is 23.9. The predicted molar refractivity (Wildman–Crippen MR) is 109 cm³/mol. The van der Waals surface area contributed by atoms with E-state index in [9.17, 15) is 31.1 Å². The third kappa shape index (κ3) is 6.17. The Balaban J connectivity index is 1.56. The van der Waals surface area contributed by atoms with E-state index >= 15 is 0 Å². The van der Waals surface area contributed by atoms with Crippen LogP contribution in [0.3, 0.4) is 0 Å². The van der Waals surface area contributed by atoms with E-state index in [1.165, 1.54) is 0 Å². The molecule has 2 aromatic carbocycles. The standard InChI is InChI=1S/C23H24F6N2O/c24-22(25,26)17-9-15(10-18(12-17)23(27,28)29)11-21(32)31-13-14-5-7-16(8-6-14)19-3-1-2-4-20(19)30/h1-4,9-10,12,14,16H,5-8,11,13,30H2,(H,31,32).